The molecule has 2 fully saturated rings. The van der Waals surface area contributed by atoms with Crippen molar-refractivity contribution in [2.75, 3.05) is 13.2 Å². The van der Waals surface area contributed by atoms with Crippen molar-refractivity contribution in [1.82, 2.24) is 4.90 Å². The molecule has 0 aromatic heterocycles. The van der Waals surface area contributed by atoms with Gasteiger partial charge in [-0.25, -0.2) is 9.69 Å². The number of imide groups is 1. The second-order valence-electron chi connectivity index (χ2n) is 7.13. The molecule has 5 nitrogen and oxygen atoms in total. The van der Waals surface area contributed by atoms with Crippen molar-refractivity contribution < 1.29 is 19.1 Å². The zero-order valence-corrected chi connectivity index (χ0v) is 14.0. The molecule has 1 saturated carbocycles. The average molecular weight is 329 g/mol. The second-order valence-corrected chi connectivity index (χ2v) is 7.13. The number of carbonyl (C=O) groups excluding carboxylic acids is 3. The molecule has 24 heavy (non-hydrogen) atoms. The first-order chi connectivity index (χ1) is 11.5. The molecule has 1 saturated heterocycles. The first-order valence-corrected chi connectivity index (χ1v) is 8.51. The van der Waals surface area contributed by atoms with Gasteiger partial charge in [-0.3, -0.25) is 9.59 Å². The Morgan fingerprint density at radius 3 is 2.71 bits per heavy atom. The minimum Gasteiger partial charge on any atom is -0.447 e. The fourth-order valence-electron chi connectivity index (χ4n) is 3.88. The summed E-state index contributed by atoms with van der Waals surface area (Å²) in [6.45, 7) is 2.58. The zero-order valence-electron chi connectivity index (χ0n) is 14.0. The van der Waals surface area contributed by atoms with E-state index < -0.39 is 11.5 Å². The number of cyclic esters (lactones) is 1. The van der Waals surface area contributed by atoms with Crippen LogP contribution in [0.15, 0.2) is 30.3 Å². The lowest BCUT2D eigenvalue weighted by atomic mass is 9.63. The Balaban J connectivity index is 1.75. The summed E-state index contributed by atoms with van der Waals surface area (Å²) in [4.78, 5) is 37.4. The van der Waals surface area contributed by atoms with E-state index in [0.717, 1.165) is 12.8 Å². The van der Waals surface area contributed by atoms with Gasteiger partial charge in [-0.1, -0.05) is 37.3 Å². The maximum absolute atomic E-state index is 12.5. The Morgan fingerprint density at radius 1 is 1.29 bits per heavy atom. The van der Waals surface area contributed by atoms with Crippen molar-refractivity contribution >= 4 is 17.8 Å². The minimum absolute atomic E-state index is 0.207. The van der Waals surface area contributed by atoms with Gasteiger partial charge in [0.2, 0.25) is 5.91 Å². The molecule has 1 aliphatic heterocycles. The SMILES string of the molecule is C[C@@]1(CC(=O)N2CCOC2=O)CC(=O)CC[C@H]1Cc1ccccc1. The van der Waals surface area contributed by atoms with Crippen LogP contribution < -0.4 is 0 Å². The third kappa shape index (κ3) is 3.50. The molecule has 2 aliphatic rings. The third-order valence-electron chi connectivity index (χ3n) is 5.30. The van der Waals surface area contributed by atoms with Gasteiger partial charge in [0, 0.05) is 19.3 Å². The van der Waals surface area contributed by atoms with E-state index in [2.05, 4.69) is 12.1 Å². The smallest absolute Gasteiger partial charge is 0.416 e. The molecule has 1 aromatic carbocycles. The number of hydrogen-bond donors (Lipinski definition) is 0. The van der Waals surface area contributed by atoms with Crippen LogP contribution >= 0.6 is 0 Å². The highest BCUT2D eigenvalue weighted by Gasteiger charge is 2.43. The molecular formula is C19H23NO4. The fourth-order valence-corrected chi connectivity index (χ4v) is 3.88. The summed E-state index contributed by atoms with van der Waals surface area (Å²) in [6.07, 6.45) is 2.27. The maximum Gasteiger partial charge on any atom is 0.416 e. The standard InChI is InChI=1S/C19H23NO4/c1-19(13-17(22)20-9-10-24-18(20)23)12-16(21)8-7-15(19)11-14-5-3-2-4-6-14/h2-6,15H,7-13H2,1H3/t15-,19-/m0/s1. The summed E-state index contributed by atoms with van der Waals surface area (Å²) in [5.41, 5.74) is 0.807. The normalized spacial score (nSPS) is 27.2. The van der Waals surface area contributed by atoms with E-state index in [-0.39, 0.29) is 30.6 Å². The number of amides is 2. The van der Waals surface area contributed by atoms with Gasteiger partial charge in [-0.05, 0) is 29.7 Å². The van der Waals surface area contributed by atoms with Crippen LogP contribution in [0.3, 0.4) is 0 Å². The Morgan fingerprint density at radius 2 is 2.04 bits per heavy atom. The minimum atomic E-state index is -0.564. The number of ketones is 1. The lowest BCUT2D eigenvalue weighted by molar-refractivity contribution is -0.134. The summed E-state index contributed by atoms with van der Waals surface area (Å²) in [6, 6.07) is 10.2. The molecule has 2 atom stereocenters. The Kier molecular flexibility index (Phi) is 4.69. The molecule has 0 radical (unpaired) electrons. The van der Waals surface area contributed by atoms with Gasteiger partial charge < -0.3 is 4.74 Å². The van der Waals surface area contributed by atoms with Crippen LogP contribution in [-0.4, -0.2) is 35.8 Å². The number of ether oxygens (including phenoxy) is 1. The molecule has 5 heteroatoms. The van der Waals surface area contributed by atoms with Crippen LogP contribution in [0.25, 0.3) is 0 Å². The molecule has 0 N–H and O–H groups in total. The molecule has 1 aromatic rings. The van der Waals surface area contributed by atoms with E-state index in [1.54, 1.807) is 0 Å². The quantitative estimate of drug-likeness (QED) is 0.852. The topological polar surface area (TPSA) is 63.7 Å². The van der Waals surface area contributed by atoms with Crippen LogP contribution in [0, 0.1) is 11.3 Å². The number of Topliss-reactive ketones (excluding diaryl/α,β-unsaturated/α-hetero) is 1. The van der Waals surface area contributed by atoms with Crippen LogP contribution in [0.2, 0.25) is 0 Å². The Labute approximate surface area is 142 Å². The molecule has 1 heterocycles. The predicted octanol–water partition coefficient (Wildman–Crippen LogP) is 2.97. The summed E-state index contributed by atoms with van der Waals surface area (Å²) in [5, 5.41) is 0. The van der Waals surface area contributed by atoms with Crippen molar-refractivity contribution in [2.45, 2.75) is 39.0 Å². The van der Waals surface area contributed by atoms with Gasteiger partial charge in [0.1, 0.15) is 12.4 Å². The molecule has 3 rings (SSSR count). The fraction of sp³-hybridized carbons (Fsp3) is 0.526. The number of carbonyl (C=O) groups is 3. The maximum atomic E-state index is 12.5. The van der Waals surface area contributed by atoms with Crippen LogP contribution in [0.1, 0.15) is 38.2 Å². The third-order valence-corrected chi connectivity index (χ3v) is 5.30. The molecule has 2 amide bonds. The van der Waals surface area contributed by atoms with Crippen molar-refractivity contribution in [3.05, 3.63) is 35.9 Å². The van der Waals surface area contributed by atoms with Gasteiger partial charge in [0.15, 0.2) is 0 Å². The van der Waals surface area contributed by atoms with Crippen molar-refractivity contribution in [3.8, 4) is 0 Å². The van der Waals surface area contributed by atoms with Gasteiger partial charge in [0.05, 0.1) is 6.54 Å². The average Bonchev–Trinajstić information content (AvgIpc) is 2.97. The second kappa shape index (κ2) is 6.75. The Hall–Kier alpha value is -2.17. The Bertz CT molecular complexity index is 642. The van der Waals surface area contributed by atoms with Gasteiger partial charge in [-0.2, -0.15) is 0 Å². The summed E-state index contributed by atoms with van der Waals surface area (Å²) >= 11 is 0. The molecule has 0 spiro atoms. The van der Waals surface area contributed by atoms with E-state index in [1.165, 1.54) is 10.5 Å². The number of rotatable bonds is 4. The highest BCUT2D eigenvalue weighted by Crippen LogP contribution is 2.44. The summed E-state index contributed by atoms with van der Waals surface area (Å²) < 4.78 is 4.85. The molecule has 0 bridgehead atoms. The predicted molar refractivity (Wildman–Crippen MR) is 88.3 cm³/mol. The number of benzene rings is 1. The van der Waals surface area contributed by atoms with Crippen LogP contribution in [0.4, 0.5) is 4.79 Å². The van der Waals surface area contributed by atoms with E-state index in [4.69, 9.17) is 4.74 Å². The van der Waals surface area contributed by atoms with E-state index in [0.29, 0.717) is 19.4 Å². The van der Waals surface area contributed by atoms with E-state index >= 15 is 0 Å². The van der Waals surface area contributed by atoms with E-state index in [1.807, 2.05) is 25.1 Å². The molecular weight excluding hydrogens is 306 g/mol. The van der Waals surface area contributed by atoms with Crippen molar-refractivity contribution in [1.29, 1.82) is 0 Å². The molecule has 128 valence electrons. The first kappa shape index (κ1) is 16.7. The highest BCUT2D eigenvalue weighted by atomic mass is 16.6. The first-order valence-electron chi connectivity index (χ1n) is 8.51. The van der Waals surface area contributed by atoms with E-state index in [9.17, 15) is 14.4 Å². The number of hydrogen-bond acceptors (Lipinski definition) is 4. The van der Waals surface area contributed by atoms with Gasteiger partial charge in [-0.15, -0.1) is 0 Å². The van der Waals surface area contributed by atoms with Crippen LogP contribution in [-0.2, 0) is 20.7 Å². The zero-order chi connectivity index (χ0) is 17.2. The molecule has 0 unspecified atom stereocenters. The summed E-state index contributed by atoms with van der Waals surface area (Å²) in [7, 11) is 0. The van der Waals surface area contributed by atoms with Crippen molar-refractivity contribution in [3.63, 3.8) is 0 Å². The van der Waals surface area contributed by atoms with Gasteiger partial charge in [0.25, 0.3) is 0 Å². The van der Waals surface area contributed by atoms with Gasteiger partial charge >= 0.3 is 6.09 Å². The van der Waals surface area contributed by atoms with Crippen LogP contribution in [0.5, 0.6) is 0 Å². The van der Waals surface area contributed by atoms with Crippen molar-refractivity contribution in [2.24, 2.45) is 11.3 Å². The largest absolute Gasteiger partial charge is 0.447 e. The summed E-state index contributed by atoms with van der Waals surface area (Å²) in [5.74, 6) is 0.228. The highest BCUT2D eigenvalue weighted by molar-refractivity contribution is 5.93. The lowest BCUT2D eigenvalue weighted by Gasteiger charge is -2.41. The molecule has 1 aliphatic carbocycles. The number of nitrogens with zero attached hydrogens (tertiary/aromatic N) is 1. The monoisotopic (exact) mass is 329 g/mol. The lowest BCUT2D eigenvalue weighted by Crippen LogP contribution is -2.42.